The molecule has 2 aliphatic heterocycles. The lowest BCUT2D eigenvalue weighted by molar-refractivity contribution is -0.122. The number of amides is 1. The van der Waals surface area contributed by atoms with Crippen molar-refractivity contribution in [1.29, 1.82) is 0 Å². The number of fused-ring (bicyclic) bond motifs is 1. The summed E-state index contributed by atoms with van der Waals surface area (Å²) in [5, 5.41) is 1.57. The molecule has 7 heteroatoms. The number of hydrogen-bond acceptors (Lipinski definition) is 6. The zero-order valence-corrected chi connectivity index (χ0v) is 18.5. The van der Waals surface area contributed by atoms with Crippen LogP contribution in [0.1, 0.15) is 5.56 Å². The van der Waals surface area contributed by atoms with Gasteiger partial charge >= 0.3 is 0 Å². The number of nitrogens with two attached hydrogens (primary N) is 1. The van der Waals surface area contributed by atoms with Crippen molar-refractivity contribution in [3.05, 3.63) is 94.4 Å². The van der Waals surface area contributed by atoms with Gasteiger partial charge < -0.3 is 10.6 Å². The van der Waals surface area contributed by atoms with Crippen LogP contribution in [0.2, 0.25) is 0 Å². The second-order valence-corrected chi connectivity index (χ2v) is 9.20. The van der Waals surface area contributed by atoms with Crippen LogP contribution in [0.25, 0.3) is 0 Å². The standard InChI is InChI=1S/C24H20N4OS2/c1-27-19-13-7-8-14-20(19)30-23(27)21-22(29)28(15-16-9-3-2-4-10-16)24(31-21)26-18-12-6-5-11-17(18)25/h2-14H,15,25H2,1H3/b23-21-,26-24+. The number of rotatable bonds is 3. The molecule has 5 nitrogen and oxygen atoms in total. The van der Waals surface area contributed by atoms with Gasteiger partial charge in [0.05, 0.1) is 28.6 Å². The van der Waals surface area contributed by atoms with Crippen LogP contribution in [-0.2, 0) is 11.3 Å². The van der Waals surface area contributed by atoms with E-state index in [1.165, 1.54) is 11.8 Å². The normalized spacial score (nSPS) is 19.4. The van der Waals surface area contributed by atoms with Gasteiger partial charge in [0.2, 0.25) is 0 Å². The number of anilines is 2. The van der Waals surface area contributed by atoms with E-state index in [9.17, 15) is 4.79 Å². The quantitative estimate of drug-likeness (QED) is 0.430. The predicted molar refractivity (Wildman–Crippen MR) is 130 cm³/mol. The maximum atomic E-state index is 13.6. The molecule has 1 saturated heterocycles. The molecule has 0 bridgehead atoms. The number of nitrogen functional groups attached to an aromatic ring is 1. The molecule has 0 atom stereocenters. The summed E-state index contributed by atoms with van der Waals surface area (Å²) in [5.74, 6) is -0.0377. The van der Waals surface area contributed by atoms with E-state index in [0.29, 0.717) is 28.0 Å². The van der Waals surface area contributed by atoms with Crippen molar-refractivity contribution < 1.29 is 4.79 Å². The van der Waals surface area contributed by atoms with Crippen LogP contribution in [-0.4, -0.2) is 23.0 Å². The van der Waals surface area contributed by atoms with Gasteiger partial charge in [0.15, 0.2) is 5.17 Å². The third-order valence-corrected chi connectivity index (χ3v) is 7.56. The number of benzene rings is 3. The first-order chi connectivity index (χ1) is 15.1. The van der Waals surface area contributed by atoms with Crippen LogP contribution in [0, 0.1) is 0 Å². The highest BCUT2D eigenvalue weighted by atomic mass is 32.2. The summed E-state index contributed by atoms with van der Waals surface area (Å²) in [4.78, 5) is 24.0. The van der Waals surface area contributed by atoms with Gasteiger partial charge in [0, 0.05) is 11.9 Å². The molecule has 2 heterocycles. The fourth-order valence-electron chi connectivity index (χ4n) is 3.52. The van der Waals surface area contributed by atoms with Crippen molar-refractivity contribution in [3.63, 3.8) is 0 Å². The van der Waals surface area contributed by atoms with Crippen molar-refractivity contribution >= 4 is 51.7 Å². The Morgan fingerprint density at radius 2 is 1.61 bits per heavy atom. The minimum atomic E-state index is -0.0377. The van der Waals surface area contributed by atoms with Gasteiger partial charge in [-0.3, -0.25) is 9.69 Å². The fourth-order valence-corrected chi connectivity index (χ4v) is 5.85. The van der Waals surface area contributed by atoms with Crippen LogP contribution in [0.5, 0.6) is 0 Å². The number of carbonyl (C=O) groups is 1. The van der Waals surface area contributed by atoms with E-state index in [1.807, 2.05) is 73.8 Å². The number of aliphatic imine (C=N–C) groups is 1. The van der Waals surface area contributed by atoms with Crippen LogP contribution in [0.15, 0.2) is 98.7 Å². The molecular weight excluding hydrogens is 424 g/mol. The smallest absolute Gasteiger partial charge is 0.269 e. The summed E-state index contributed by atoms with van der Waals surface area (Å²) < 4.78 is 0. The molecule has 3 aromatic carbocycles. The maximum absolute atomic E-state index is 13.6. The van der Waals surface area contributed by atoms with Crippen LogP contribution >= 0.6 is 23.5 Å². The molecule has 2 N–H and O–H groups in total. The Bertz CT molecular complexity index is 1220. The Labute approximate surface area is 189 Å². The predicted octanol–water partition coefficient (Wildman–Crippen LogP) is 5.44. The van der Waals surface area contributed by atoms with Crippen LogP contribution in [0.4, 0.5) is 17.1 Å². The minimum Gasteiger partial charge on any atom is -0.397 e. The minimum absolute atomic E-state index is 0.0377. The lowest BCUT2D eigenvalue weighted by Crippen LogP contribution is -2.29. The Balaban J connectivity index is 1.57. The van der Waals surface area contributed by atoms with Gasteiger partial charge in [0.1, 0.15) is 4.91 Å². The van der Waals surface area contributed by atoms with Crippen molar-refractivity contribution in [2.75, 3.05) is 17.7 Å². The molecule has 0 spiro atoms. The lowest BCUT2D eigenvalue weighted by atomic mass is 10.2. The van der Waals surface area contributed by atoms with E-state index in [4.69, 9.17) is 10.7 Å². The van der Waals surface area contributed by atoms with E-state index >= 15 is 0 Å². The van der Waals surface area contributed by atoms with Gasteiger partial charge in [-0.25, -0.2) is 4.99 Å². The summed E-state index contributed by atoms with van der Waals surface area (Å²) in [6, 6.07) is 25.6. The molecule has 0 saturated carbocycles. The van der Waals surface area contributed by atoms with Crippen molar-refractivity contribution in [2.45, 2.75) is 11.4 Å². The van der Waals surface area contributed by atoms with E-state index in [1.54, 1.807) is 16.7 Å². The number of carbonyl (C=O) groups excluding carboxylic acids is 1. The molecule has 1 fully saturated rings. The first-order valence-electron chi connectivity index (χ1n) is 9.83. The zero-order chi connectivity index (χ0) is 21.4. The summed E-state index contributed by atoms with van der Waals surface area (Å²) in [5.41, 5.74) is 9.53. The molecule has 2 aliphatic rings. The highest BCUT2D eigenvalue weighted by Gasteiger charge is 2.39. The van der Waals surface area contributed by atoms with E-state index in [0.717, 1.165) is 21.2 Å². The molecule has 0 radical (unpaired) electrons. The van der Waals surface area contributed by atoms with Gasteiger partial charge in [-0.2, -0.15) is 0 Å². The number of nitrogens with zero attached hydrogens (tertiary/aromatic N) is 3. The monoisotopic (exact) mass is 444 g/mol. The number of amidine groups is 1. The fraction of sp³-hybridized carbons (Fsp3) is 0.0833. The highest BCUT2D eigenvalue weighted by Crippen LogP contribution is 2.50. The molecule has 0 aromatic heterocycles. The van der Waals surface area contributed by atoms with Gasteiger partial charge in [-0.05, 0) is 41.6 Å². The molecule has 31 heavy (non-hydrogen) atoms. The zero-order valence-electron chi connectivity index (χ0n) is 16.9. The first-order valence-corrected chi connectivity index (χ1v) is 11.5. The number of para-hydroxylation sites is 3. The summed E-state index contributed by atoms with van der Waals surface area (Å²) >= 11 is 3.03. The summed E-state index contributed by atoms with van der Waals surface area (Å²) in [6.45, 7) is 0.455. The second-order valence-electron chi connectivity index (χ2n) is 7.20. The SMILES string of the molecule is CN1/C(=C2/S/C(=N/c3ccccc3N)N(Cc3ccccc3)C2=O)Sc2ccccc21. The Morgan fingerprint density at radius 1 is 0.903 bits per heavy atom. The first kappa shape index (κ1) is 19.8. The molecule has 0 unspecified atom stereocenters. The third kappa shape index (κ3) is 3.71. The van der Waals surface area contributed by atoms with E-state index < -0.39 is 0 Å². The average molecular weight is 445 g/mol. The summed E-state index contributed by atoms with van der Waals surface area (Å²) in [7, 11) is 2.00. The van der Waals surface area contributed by atoms with Gasteiger partial charge in [0.25, 0.3) is 5.91 Å². The molecule has 3 aromatic rings. The maximum Gasteiger partial charge on any atom is 0.269 e. The van der Waals surface area contributed by atoms with Gasteiger partial charge in [-0.15, -0.1) is 0 Å². The largest absolute Gasteiger partial charge is 0.397 e. The Hall–Kier alpha value is -3.16. The van der Waals surface area contributed by atoms with E-state index in [-0.39, 0.29) is 5.91 Å². The third-order valence-electron chi connectivity index (χ3n) is 5.13. The molecular formula is C24H20N4OS2. The second kappa shape index (κ2) is 8.17. The highest BCUT2D eigenvalue weighted by molar-refractivity contribution is 8.19. The number of thioether (sulfide) groups is 2. The molecule has 5 rings (SSSR count). The van der Waals surface area contributed by atoms with Crippen molar-refractivity contribution in [1.82, 2.24) is 4.90 Å². The van der Waals surface area contributed by atoms with Crippen molar-refractivity contribution in [3.8, 4) is 0 Å². The lowest BCUT2D eigenvalue weighted by Gasteiger charge is -2.17. The molecule has 1 amide bonds. The number of hydrogen-bond donors (Lipinski definition) is 1. The topological polar surface area (TPSA) is 61.9 Å². The van der Waals surface area contributed by atoms with Crippen molar-refractivity contribution in [2.24, 2.45) is 4.99 Å². The Kier molecular flexibility index (Phi) is 5.21. The average Bonchev–Trinajstić information content (AvgIpc) is 3.28. The summed E-state index contributed by atoms with van der Waals surface area (Å²) in [6.07, 6.45) is 0. The van der Waals surface area contributed by atoms with Crippen LogP contribution < -0.4 is 10.6 Å². The van der Waals surface area contributed by atoms with Crippen LogP contribution in [0.3, 0.4) is 0 Å². The van der Waals surface area contributed by atoms with Gasteiger partial charge in [-0.1, -0.05) is 66.4 Å². The molecule has 154 valence electrons. The Morgan fingerprint density at radius 3 is 2.39 bits per heavy atom. The molecule has 0 aliphatic carbocycles. The van der Waals surface area contributed by atoms with E-state index in [2.05, 4.69) is 17.0 Å².